The van der Waals surface area contributed by atoms with E-state index in [1.54, 1.807) is 0 Å². The Labute approximate surface area is 153 Å². The normalized spacial score (nSPS) is 28.4. The lowest BCUT2D eigenvalue weighted by Crippen LogP contribution is -2.56. The minimum atomic E-state index is 0.0469. The average molecular weight is 352 g/mol. The zero-order valence-electron chi connectivity index (χ0n) is 16.3. The summed E-state index contributed by atoms with van der Waals surface area (Å²) in [6, 6.07) is 0.523. The number of ether oxygens (including phenoxy) is 1. The van der Waals surface area contributed by atoms with E-state index in [1.807, 2.05) is 0 Å². The second-order valence-corrected chi connectivity index (χ2v) is 8.54. The first-order valence-corrected chi connectivity index (χ1v) is 10.5. The molecule has 144 valence electrons. The van der Waals surface area contributed by atoms with Gasteiger partial charge >= 0.3 is 0 Å². The van der Waals surface area contributed by atoms with Crippen molar-refractivity contribution in [2.75, 3.05) is 39.3 Å². The fourth-order valence-electron chi connectivity index (χ4n) is 4.88. The molecule has 1 N–H and O–H groups in total. The second-order valence-electron chi connectivity index (χ2n) is 8.54. The predicted octanol–water partition coefficient (Wildman–Crippen LogP) is 2.40. The van der Waals surface area contributed by atoms with E-state index in [4.69, 9.17) is 4.74 Å². The van der Waals surface area contributed by atoms with Crippen molar-refractivity contribution in [3.8, 4) is 0 Å². The van der Waals surface area contributed by atoms with E-state index in [9.17, 15) is 4.79 Å². The lowest BCUT2D eigenvalue weighted by Gasteiger charge is -2.44. The first-order chi connectivity index (χ1) is 12.1. The summed E-state index contributed by atoms with van der Waals surface area (Å²) in [5.74, 6) is 0.166. The number of nitrogens with one attached hydrogen (secondary N) is 1. The van der Waals surface area contributed by atoms with Crippen LogP contribution in [0.25, 0.3) is 0 Å². The molecule has 3 rings (SSSR count). The summed E-state index contributed by atoms with van der Waals surface area (Å²) in [7, 11) is 0. The van der Waals surface area contributed by atoms with Gasteiger partial charge in [-0.25, -0.2) is 0 Å². The standard InChI is InChI=1S/C20H37N3O2/c1-17(2)22-12-13-25-18(15-22)14-19(24)21-16-20(8-4-5-9-20)23-10-6-3-7-11-23/h17-18H,3-16H2,1-2H3,(H,21,24)/t18-/m0/s1. The molecule has 0 unspecified atom stereocenters. The minimum absolute atomic E-state index is 0.0469. The third-order valence-corrected chi connectivity index (χ3v) is 6.49. The number of rotatable bonds is 6. The molecule has 3 aliphatic rings. The molecule has 1 atom stereocenters. The molecule has 1 saturated carbocycles. The van der Waals surface area contributed by atoms with Gasteiger partial charge in [-0.1, -0.05) is 19.3 Å². The van der Waals surface area contributed by atoms with E-state index in [0.29, 0.717) is 12.5 Å². The average Bonchev–Trinajstić information content (AvgIpc) is 3.11. The van der Waals surface area contributed by atoms with Crippen LogP contribution in [0, 0.1) is 0 Å². The summed E-state index contributed by atoms with van der Waals surface area (Å²) in [4.78, 5) is 17.6. The van der Waals surface area contributed by atoms with Gasteiger partial charge in [0.2, 0.25) is 5.91 Å². The maximum atomic E-state index is 12.5. The SMILES string of the molecule is CC(C)N1CCO[C@@H](CC(=O)NCC2(N3CCCCC3)CCCC2)C1. The van der Waals surface area contributed by atoms with Crippen molar-refractivity contribution < 1.29 is 9.53 Å². The fraction of sp³-hybridized carbons (Fsp3) is 0.950. The number of piperidine rings is 1. The molecule has 5 heteroatoms. The zero-order chi connectivity index (χ0) is 17.7. The quantitative estimate of drug-likeness (QED) is 0.798. The van der Waals surface area contributed by atoms with Gasteiger partial charge in [-0.3, -0.25) is 14.6 Å². The van der Waals surface area contributed by atoms with E-state index >= 15 is 0 Å². The molecule has 0 aromatic carbocycles. The van der Waals surface area contributed by atoms with Crippen LogP contribution in [0.3, 0.4) is 0 Å². The van der Waals surface area contributed by atoms with Crippen molar-refractivity contribution in [3.63, 3.8) is 0 Å². The fourth-order valence-corrected chi connectivity index (χ4v) is 4.88. The van der Waals surface area contributed by atoms with Gasteiger partial charge in [0.25, 0.3) is 0 Å². The molecular formula is C20H37N3O2. The van der Waals surface area contributed by atoms with E-state index < -0.39 is 0 Å². The van der Waals surface area contributed by atoms with Crippen LogP contribution in [0.15, 0.2) is 0 Å². The molecule has 1 aliphatic carbocycles. The highest BCUT2D eigenvalue weighted by molar-refractivity contribution is 5.76. The monoisotopic (exact) mass is 351 g/mol. The first-order valence-electron chi connectivity index (χ1n) is 10.5. The lowest BCUT2D eigenvalue weighted by atomic mass is 9.92. The number of amides is 1. The van der Waals surface area contributed by atoms with Gasteiger partial charge in [-0.2, -0.15) is 0 Å². The molecule has 0 aromatic rings. The molecule has 0 radical (unpaired) electrons. The zero-order valence-corrected chi connectivity index (χ0v) is 16.3. The van der Waals surface area contributed by atoms with Gasteiger partial charge in [0.1, 0.15) is 0 Å². The van der Waals surface area contributed by atoms with Gasteiger partial charge in [-0.15, -0.1) is 0 Å². The van der Waals surface area contributed by atoms with Crippen molar-refractivity contribution in [2.45, 2.75) is 82.9 Å². The Hall–Kier alpha value is -0.650. The van der Waals surface area contributed by atoms with Crippen LogP contribution >= 0.6 is 0 Å². The van der Waals surface area contributed by atoms with E-state index in [-0.39, 0.29) is 17.6 Å². The van der Waals surface area contributed by atoms with E-state index in [1.165, 1.54) is 58.0 Å². The Kier molecular flexibility index (Phi) is 6.75. The largest absolute Gasteiger partial charge is 0.375 e. The number of nitrogens with zero attached hydrogens (tertiary/aromatic N) is 2. The van der Waals surface area contributed by atoms with Crippen molar-refractivity contribution in [3.05, 3.63) is 0 Å². The molecule has 2 heterocycles. The van der Waals surface area contributed by atoms with Crippen LogP contribution in [0.5, 0.6) is 0 Å². The highest BCUT2D eigenvalue weighted by Crippen LogP contribution is 2.36. The molecule has 5 nitrogen and oxygen atoms in total. The molecule has 1 amide bonds. The molecule has 2 saturated heterocycles. The lowest BCUT2D eigenvalue weighted by molar-refractivity contribution is -0.127. The van der Waals surface area contributed by atoms with E-state index in [2.05, 4.69) is 29.0 Å². The number of hydrogen-bond donors (Lipinski definition) is 1. The summed E-state index contributed by atoms with van der Waals surface area (Å²) in [5.41, 5.74) is 0.230. The molecule has 0 spiro atoms. The minimum Gasteiger partial charge on any atom is -0.375 e. The molecular weight excluding hydrogens is 314 g/mol. The van der Waals surface area contributed by atoms with Crippen LogP contribution in [0.1, 0.15) is 65.2 Å². The van der Waals surface area contributed by atoms with Crippen LogP contribution < -0.4 is 5.32 Å². The summed E-state index contributed by atoms with van der Waals surface area (Å²) >= 11 is 0. The van der Waals surface area contributed by atoms with Crippen molar-refractivity contribution in [1.82, 2.24) is 15.1 Å². The van der Waals surface area contributed by atoms with Crippen molar-refractivity contribution in [1.29, 1.82) is 0 Å². The predicted molar refractivity (Wildman–Crippen MR) is 101 cm³/mol. The third kappa shape index (κ3) is 4.95. The highest BCUT2D eigenvalue weighted by Gasteiger charge is 2.40. The molecule has 0 bridgehead atoms. The molecule has 25 heavy (non-hydrogen) atoms. The second kappa shape index (κ2) is 8.83. The van der Waals surface area contributed by atoms with Crippen molar-refractivity contribution >= 4 is 5.91 Å². The molecule has 0 aromatic heterocycles. The Morgan fingerprint density at radius 3 is 2.52 bits per heavy atom. The molecule has 3 fully saturated rings. The first kappa shape index (κ1) is 19.1. The summed E-state index contributed by atoms with van der Waals surface area (Å²) in [5, 5.41) is 3.27. The highest BCUT2D eigenvalue weighted by atomic mass is 16.5. The summed E-state index contributed by atoms with van der Waals surface area (Å²) < 4.78 is 5.83. The molecule has 2 aliphatic heterocycles. The van der Waals surface area contributed by atoms with Crippen molar-refractivity contribution in [2.24, 2.45) is 0 Å². The number of carbonyl (C=O) groups excluding carboxylic acids is 1. The van der Waals surface area contributed by atoms with Gasteiger partial charge in [0.05, 0.1) is 19.1 Å². The Balaban J connectivity index is 1.48. The van der Waals surface area contributed by atoms with Gasteiger partial charge in [-0.05, 0) is 52.6 Å². The van der Waals surface area contributed by atoms with Gasteiger partial charge in [0, 0.05) is 31.2 Å². The topological polar surface area (TPSA) is 44.8 Å². The Bertz CT molecular complexity index is 429. The smallest absolute Gasteiger partial charge is 0.222 e. The Morgan fingerprint density at radius 2 is 1.84 bits per heavy atom. The number of carbonyl (C=O) groups is 1. The van der Waals surface area contributed by atoms with Gasteiger partial charge < -0.3 is 10.1 Å². The van der Waals surface area contributed by atoms with Crippen LogP contribution in [-0.2, 0) is 9.53 Å². The summed E-state index contributed by atoms with van der Waals surface area (Å²) in [6.45, 7) is 10.3. The van der Waals surface area contributed by atoms with Crippen LogP contribution in [-0.4, -0.2) is 72.7 Å². The van der Waals surface area contributed by atoms with Crippen LogP contribution in [0.2, 0.25) is 0 Å². The maximum absolute atomic E-state index is 12.5. The number of likely N-dealkylation sites (tertiary alicyclic amines) is 1. The number of hydrogen-bond acceptors (Lipinski definition) is 4. The van der Waals surface area contributed by atoms with E-state index in [0.717, 1.165) is 26.2 Å². The number of morpholine rings is 1. The summed E-state index contributed by atoms with van der Waals surface area (Å²) in [6.07, 6.45) is 9.65. The Morgan fingerprint density at radius 1 is 1.12 bits per heavy atom. The van der Waals surface area contributed by atoms with Crippen LogP contribution in [0.4, 0.5) is 0 Å². The van der Waals surface area contributed by atoms with Gasteiger partial charge in [0.15, 0.2) is 0 Å². The third-order valence-electron chi connectivity index (χ3n) is 6.49. The maximum Gasteiger partial charge on any atom is 0.222 e.